The van der Waals surface area contributed by atoms with E-state index in [1.165, 1.54) is 11.3 Å². The first kappa shape index (κ1) is 20.6. The van der Waals surface area contributed by atoms with Crippen LogP contribution in [0.5, 0.6) is 11.5 Å². The molecule has 0 unspecified atom stereocenters. The molecule has 152 valence electrons. The lowest BCUT2D eigenvalue weighted by Crippen LogP contribution is -2.20. The van der Waals surface area contributed by atoms with Gasteiger partial charge in [-0.25, -0.2) is 13.4 Å². The van der Waals surface area contributed by atoms with Crippen LogP contribution in [0.4, 0.5) is 5.13 Å². The molecule has 1 aromatic heterocycles. The van der Waals surface area contributed by atoms with Gasteiger partial charge in [-0.1, -0.05) is 19.9 Å². The maximum Gasteiger partial charge on any atom is 0.231 e. The molecule has 9 heteroatoms. The van der Waals surface area contributed by atoms with Crippen molar-refractivity contribution in [3.8, 4) is 11.5 Å². The second-order valence-electron chi connectivity index (χ2n) is 7.20. The van der Waals surface area contributed by atoms with Crippen molar-refractivity contribution in [1.29, 1.82) is 0 Å². The van der Waals surface area contributed by atoms with Crippen LogP contribution in [-0.4, -0.2) is 37.6 Å². The molecule has 0 saturated heterocycles. The number of carbonyl (C=O) groups is 1. The summed E-state index contributed by atoms with van der Waals surface area (Å²) < 4.78 is 34.6. The quantitative estimate of drug-likeness (QED) is 0.699. The second-order valence-corrected chi connectivity index (χ2v) is 10.5. The highest BCUT2D eigenvalue weighted by Crippen LogP contribution is 2.34. The molecule has 0 radical (unpaired) electrons. The van der Waals surface area contributed by atoms with Gasteiger partial charge in [0.25, 0.3) is 0 Å². The van der Waals surface area contributed by atoms with E-state index in [0.717, 1.165) is 27.6 Å². The lowest BCUT2D eigenvalue weighted by Gasteiger charge is -2.06. The Bertz CT molecular complexity index is 967. The van der Waals surface area contributed by atoms with Gasteiger partial charge in [0.05, 0.1) is 17.2 Å². The summed E-state index contributed by atoms with van der Waals surface area (Å²) in [6.07, 6.45) is 0.601. The van der Waals surface area contributed by atoms with E-state index < -0.39 is 9.84 Å². The van der Waals surface area contributed by atoms with E-state index in [-0.39, 0.29) is 36.5 Å². The van der Waals surface area contributed by atoms with Crippen LogP contribution in [0, 0.1) is 12.8 Å². The van der Waals surface area contributed by atoms with Gasteiger partial charge in [-0.05, 0) is 30.5 Å². The zero-order chi connectivity index (χ0) is 20.3. The molecular formula is C19H24N2O5S2. The van der Waals surface area contributed by atoms with Crippen molar-refractivity contribution in [2.45, 2.75) is 33.6 Å². The van der Waals surface area contributed by atoms with Gasteiger partial charge >= 0.3 is 0 Å². The summed E-state index contributed by atoms with van der Waals surface area (Å²) in [5, 5.41) is 3.20. The second kappa shape index (κ2) is 8.48. The Kier molecular flexibility index (Phi) is 6.24. The number of carbonyl (C=O) groups excluding carboxylic acids is 1. The maximum absolute atomic E-state index is 12.1. The Hall–Kier alpha value is -2.13. The molecule has 0 bridgehead atoms. The van der Waals surface area contributed by atoms with Crippen molar-refractivity contribution in [2.75, 3.05) is 23.6 Å². The minimum atomic E-state index is -3.22. The Labute approximate surface area is 169 Å². The highest BCUT2D eigenvalue weighted by molar-refractivity contribution is 7.91. The lowest BCUT2D eigenvalue weighted by molar-refractivity contribution is -0.115. The van der Waals surface area contributed by atoms with Gasteiger partial charge < -0.3 is 14.8 Å². The summed E-state index contributed by atoms with van der Waals surface area (Å²) in [5.74, 6) is 1.13. The van der Waals surface area contributed by atoms with Crippen LogP contribution in [0.15, 0.2) is 18.2 Å². The molecule has 0 spiro atoms. The number of hydrogen-bond acceptors (Lipinski definition) is 7. The maximum atomic E-state index is 12.1. The van der Waals surface area contributed by atoms with E-state index in [4.69, 9.17) is 9.47 Å². The number of thiazole rings is 1. The Morgan fingerprint density at radius 1 is 1.29 bits per heavy atom. The van der Waals surface area contributed by atoms with Crippen LogP contribution in [0.1, 0.15) is 36.4 Å². The SMILES string of the molecule is Cc1nc(NC(=O)CCS(=O)(=O)CC(C)C)sc1Cc1ccc2c(c1)OCO2. The Morgan fingerprint density at radius 2 is 2.04 bits per heavy atom. The van der Waals surface area contributed by atoms with Gasteiger partial charge in [0.2, 0.25) is 12.7 Å². The number of nitrogens with zero attached hydrogens (tertiary/aromatic N) is 1. The number of rotatable bonds is 8. The summed E-state index contributed by atoms with van der Waals surface area (Å²) in [6.45, 7) is 5.82. The van der Waals surface area contributed by atoms with Gasteiger partial charge in [-0.3, -0.25) is 4.79 Å². The zero-order valence-electron chi connectivity index (χ0n) is 16.1. The van der Waals surface area contributed by atoms with E-state index in [9.17, 15) is 13.2 Å². The molecule has 0 fully saturated rings. The number of sulfone groups is 1. The standard InChI is InChI=1S/C19H24N2O5S2/c1-12(2)10-28(23,24)7-6-18(22)21-19-20-13(3)17(27-19)9-14-4-5-15-16(8-14)26-11-25-15/h4-5,8,12H,6-7,9-11H2,1-3H3,(H,20,21,22). The normalized spacial score (nSPS) is 13.1. The number of benzene rings is 1. The van der Waals surface area contributed by atoms with Crippen molar-refractivity contribution in [3.63, 3.8) is 0 Å². The van der Waals surface area contributed by atoms with Gasteiger partial charge in [0, 0.05) is 17.7 Å². The van der Waals surface area contributed by atoms with E-state index in [2.05, 4.69) is 10.3 Å². The van der Waals surface area contributed by atoms with Crippen LogP contribution in [0.25, 0.3) is 0 Å². The fraction of sp³-hybridized carbons (Fsp3) is 0.474. The number of ether oxygens (including phenoxy) is 2. The summed E-state index contributed by atoms with van der Waals surface area (Å²) >= 11 is 1.40. The predicted molar refractivity (Wildman–Crippen MR) is 109 cm³/mol. The van der Waals surface area contributed by atoms with Gasteiger partial charge in [0.1, 0.15) is 0 Å². The molecule has 2 heterocycles. The van der Waals surface area contributed by atoms with E-state index in [1.54, 1.807) is 0 Å². The predicted octanol–water partition coefficient (Wildman–Crippen LogP) is 3.17. The summed E-state index contributed by atoms with van der Waals surface area (Å²) in [7, 11) is -3.22. The molecule has 1 N–H and O–H groups in total. The molecule has 2 aromatic rings. The highest BCUT2D eigenvalue weighted by atomic mass is 32.2. The first-order chi connectivity index (χ1) is 13.2. The van der Waals surface area contributed by atoms with Crippen LogP contribution in [-0.2, 0) is 21.1 Å². The summed E-state index contributed by atoms with van der Waals surface area (Å²) in [5.41, 5.74) is 1.90. The van der Waals surface area contributed by atoms with Crippen molar-refractivity contribution in [2.24, 2.45) is 5.92 Å². The Morgan fingerprint density at radius 3 is 2.79 bits per heavy atom. The lowest BCUT2D eigenvalue weighted by atomic mass is 10.1. The first-order valence-corrected chi connectivity index (χ1v) is 11.7. The number of anilines is 1. The monoisotopic (exact) mass is 424 g/mol. The Balaban J connectivity index is 1.58. The van der Waals surface area contributed by atoms with Crippen molar-refractivity contribution in [1.82, 2.24) is 4.98 Å². The fourth-order valence-electron chi connectivity index (χ4n) is 2.90. The van der Waals surface area contributed by atoms with E-state index in [0.29, 0.717) is 11.6 Å². The average molecular weight is 425 g/mol. The number of amides is 1. The number of aromatic nitrogens is 1. The summed E-state index contributed by atoms with van der Waals surface area (Å²) in [6, 6.07) is 5.80. The molecule has 1 aromatic carbocycles. The van der Waals surface area contributed by atoms with Crippen molar-refractivity contribution < 1.29 is 22.7 Å². The molecule has 28 heavy (non-hydrogen) atoms. The van der Waals surface area contributed by atoms with Gasteiger partial charge in [0.15, 0.2) is 26.5 Å². The third-order valence-electron chi connectivity index (χ3n) is 4.17. The van der Waals surface area contributed by atoms with Crippen molar-refractivity contribution >= 4 is 32.2 Å². The number of aryl methyl sites for hydroxylation is 1. The highest BCUT2D eigenvalue weighted by Gasteiger charge is 2.18. The first-order valence-electron chi connectivity index (χ1n) is 9.07. The minimum Gasteiger partial charge on any atom is -0.454 e. The third kappa shape index (κ3) is 5.45. The number of hydrogen-bond donors (Lipinski definition) is 1. The minimum absolute atomic E-state index is 0.0495. The van der Waals surface area contributed by atoms with E-state index in [1.807, 2.05) is 39.0 Å². The molecule has 0 aliphatic carbocycles. The van der Waals surface area contributed by atoms with Crippen LogP contribution >= 0.6 is 11.3 Å². The average Bonchev–Trinajstić information content (AvgIpc) is 3.18. The van der Waals surface area contributed by atoms with Crippen LogP contribution in [0.3, 0.4) is 0 Å². The number of fused-ring (bicyclic) bond motifs is 1. The molecule has 3 rings (SSSR count). The largest absolute Gasteiger partial charge is 0.454 e. The molecule has 1 aliphatic heterocycles. The molecule has 0 atom stereocenters. The smallest absolute Gasteiger partial charge is 0.231 e. The third-order valence-corrected chi connectivity index (χ3v) is 7.24. The molecule has 1 amide bonds. The van der Waals surface area contributed by atoms with Crippen LogP contribution < -0.4 is 14.8 Å². The van der Waals surface area contributed by atoms with Crippen molar-refractivity contribution in [3.05, 3.63) is 34.3 Å². The molecule has 7 nitrogen and oxygen atoms in total. The fourth-order valence-corrected chi connectivity index (χ4v) is 5.59. The molecule has 1 aliphatic rings. The topological polar surface area (TPSA) is 94.6 Å². The molecular weight excluding hydrogens is 400 g/mol. The van der Waals surface area contributed by atoms with Gasteiger partial charge in [-0.2, -0.15) is 0 Å². The van der Waals surface area contributed by atoms with Gasteiger partial charge in [-0.15, -0.1) is 11.3 Å². The number of nitrogens with one attached hydrogen (secondary N) is 1. The molecule has 0 saturated carbocycles. The zero-order valence-corrected chi connectivity index (χ0v) is 17.8. The van der Waals surface area contributed by atoms with Crippen LogP contribution in [0.2, 0.25) is 0 Å². The summed E-state index contributed by atoms with van der Waals surface area (Å²) in [4.78, 5) is 17.5. The van der Waals surface area contributed by atoms with E-state index >= 15 is 0 Å².